The fraction of sp³-hybridized carbons (Fsp3) is 0.565. The molecule has 166 valence electrons. The molecule has 6 nitrogen and oxygen atoms in total. The summed E-state index contributed by atoms with van der Waals surface area (Å²) in [6.45, 7) is 11.5. The monoisotopic (exact) mass is 480 g/mol. The van der Waals surface area contributed by atoms with Gasteiger partial charge in [-0.15, -0.1) is 0 Å². The van der Waals surface area contributed by atoms with E-state index in [4.69, 9.17) is 9.47 Å². The topological polar surface area (TPSA) is 71.6 Å². The molecule has 0 aliphatic rings. The van der Waals surface area contributed by atoms with Crippen molar-refractivity contribution < 1.29 is 19.1 Å². The van der Waals surface area contributed by atoms with Crippen molar-refractivity contribution in [2.75, 3.05) is 18.4 Å². The summed E-state index contributed by atoms with van der Waals surface area (Å²) in [5, 5.41) is 1.67. The quantitative estimate of drug-likeness (QED) is 0.445. The largest absolute Gasteiger partial charge is 0.459 e. The van der Waals surface area contributed by atoms with Crippen molar-refractivity contribution >= 4 is 38.8 Å². The molecule has 0 amide bonds. The van der Waals surface area contributed by atoms with Crippen LogP contribution in [0.2, 0.25) is 0 Å². The summed E-state index contributed by atoms with van der Waals surface area (Å²) in [6, 6.07) is 7.34. The minimum absolute atomic E-state index is 0.00906. The number of H-pyrrole nitrogens is 1. The minimum atomic E-state index is -0.623. The highest BCUT2D eigenvalue weighted by Crippen LogP contribution is 2.23. The van der Waals surface area contributed by atoms with Gasteiger partial charge in [0.25, 0.3) is 0 Å². The molecule has 0 unspecified atom stereocenters. The molecule has 0 aliphatic carbocycles. The number of esters is 2. The molecule has 7 heteroatoms. The van der Waals surface area contributed by atoms with Crippen molar-refractivity contribution in [2.24, 2.45) is 0 Å². The number of fused-ring (bicyclic) bond motifs is 1. The van der Waals surface area contributed by atoms with Crippen LogP contribution in [0, 0.1) is 0 Å². The van der Waals surface area contributed by atoms with Gasteiger partial charge in [0.2, 0.25) is 0 Å². The average Bonchev–Trinajstić information content (AvgIpc) is 2.99. The molecule has 1 N–H and O–H groups in total. The lowest BCUT2D eigenvalue weighted by Crippen LogP contribution is -2.49. The zero-order valence-electron chi connectivity index (χ0n) is 18.8. The average molecular weight is 481 g/mol. The standard InChI is InChI=1S/C23H33BrN2O4/c1-22(2,3)29-20(27)15-26(12-11-24)19(21(28)30-23(4,5)6)13-16-14-25-18-10-8-7-9-17(16)18/h7-10,14,19,25H,11-13,15H2,1-6H3/t19-/m0/s1. The molecule has 1 aromatic heterocycles. The maximum Gasteiger partial charge on any atom is 0.324 e. The van der Waals surface area contributed by atoms with Crippen LogP contribution in [0.15, 0.2) is 30.5 Å². The summed E-state index contributed by atoms with van der Waals surface area (Å²) in [4.78, 5) is 30.8. The van der Waals surface area contributed by atoms with Gasteiger partial charge in [0.15, 0.2) is 0 Å². The molecule has 2 rings (SSSR count). The Morgan fingerprint density at radius 1 is 1.07 bits per heavy atom. The number of alkyl halides is 1. The van der Waals surface area contributed by atoms with Gasteiger partial charge in [-0.25, -0.2) is 0 Å². The van der Waals surface area contributed by atoms with E-state index in [9.17, 15) is 9.59 Å². The minimum Gasteiger partial charge on any atom is -0.459 e. The number of hydrogen-bond acceptors (Lipinski definition) is 5. The van der Waals surface area contributed by atoms with E-state index in [0.29, 0.717) is 18.3 Å². The van der Waals surface area contributed by atoms with Gasteiger partial charge in [-0.05, 0) is 53.2 Å². The highest BCUT2D eigenvalue weighted by Gasteiger charge is 2.33. The van der Waals surface area contributed by atoms with Crippen molar-refractivity contribution in [1.82, 2.24) is 9.88 Å². The Balaban J connectivity index is 2.33. The number of carbonyl (C=O) groups excluding carboxylic acids is 2. The number of rotatable bonds is 8. The van der Waals surface area contributed by atoms with Crippen molar-refractivity contribution in [3.05, 3.63) is 36.0 Å². The second-order valence-electron chi connectivity index (χ2n) is 9.36. The normalized spacial score (nSPS) is 13.5. The fourth-order valence-corrected chi connectivity index (χ4v) is 3.69. The fourth-order valence-electron chi connectivity index (χ4n) is 3.23. The van der Waals surface area contributed by atoms with E-state index in [2.05, 4.69) is 20.9 Å². The Hall–Kier alpha value is -1.86. The molecule has 0 bridgehead atoms. The third kappa shape index (κ3) is 7.43. The highest BCUT2D eigenvalue weighted by molar-refractivity contribution is 9.09. The summed E-state index contributed by atoms with van der Waals surface area (Å²) in [5.41, 5.74) is 0.802. The molecule has 0 fully saturated rings. The van der Waals surface area contributed by atoms with Crippen molar-refractivity contribution in [1.29, 1.82) is 0 Å². The number of aromatic amines is 1. The number of ether oxygens (including phenoxy) is 2. The molecule has 1 aromatic carbocycles. The molecule has 0 saturated heterocycles. The Bertz CT molecular complexity index is 864. The van der Waals surface area contributed by atoms with Gasteiger partial charge < -0.3 is 14.5 Å². The molecule has 0 saturated carbocycles. The van der Waals surface area contributed by atoms with E-state index in [0.717, 1.165) is 16.5 Å². The van der Waals surface area contributed by atoms with Crippen LogP contribution in [0.4, 0.5) is 0 Å². The summed E-state index contributed by atoms with van der Waals surface area (Å²) < 4.78 is 11.2. The van der Waals surface area contributed by atoms with Crippen LogP contribution in [0.25, 0.3) is 10.9 Å². The van der Waals surface area contributed by atoms with Crippen LogP contribution < -0.4 is 0 Å². The summed E-state index contributed by atoms with van der Waals surface area (Å²) >= 11 is 3.45. The van der Waals surface area contributed by atoms with E-state index in [-0.39, 0.29) is 18.5 Å². The lowest BCUT2D eigenvalue weighted by atomic mass is 10.0. The summed E-state index contributed by atoms with van der Waals surface area (Å²) in [5.74, 6) is -0.715. The smallest absolute Gasteiger partial charge is 0.324 e. The lowest BCUT2D eigenvalue weighted by molar-refractivity contribution is -0.164. The van der Waals surface area contributed by atoms with Crippen molar-refractivity contribution in [3.8, 4) is 0 Å². The van der Waals surface area contributed by atoms with Gasteiger partial charge in [0.1, 0.15) is 17.2 Å². The van der Waals surface area contributed by atoms with Crippen LogP contribution in [0.3, 0.4) is 0 Å². The first-order valence-electron chi connectivity index (χ1n) is 10.2. The van der Waals surface area contributed by atoms with Crippen LogP contribution >= 0.6 is 15.9 Å². The number of hydrogen-bond donors (Lipinski definition) is 1. The van der Waals surface area contributed by atoms with E-state index in [1.807, 2.05) is 76.9 Å². The van der Waals surface area contributed by atoms with Crippen molar-refractivity contribution in [2.45, 2.75) is 65.2 Å². The number of carbonyl (C=O) groups is 2. The Morgan fingerprint density at radius 3 is 2.30 bits per heavy atom. The van der Waals surface area contributed by atoms with E-state index < -0.39 is 17.2 Å². The summed E-state index contributed by atoms with van der Waals surface area (Å²) in [7, 11) is 0. The van der Waals surface area contributed by atoms with Gasteiger partial charge in [-0.3, -0.25) is 14.5 Å². The number of halogens is 1. The van der Waals surface area contributed by atoms with Gasteiger partial charge >= 0.3 is 11.9 Å². The van der Waals surface area contributed by atoms with E-state index in [1.165, 1.54) is 0 Å². The number of nitrogens with zero attached hydrogens (tertiary/aromatic N) is 1. The molecular weight excluding hydrogens is 448 g/mol. The van der Waals surface area contributed by atoms with E-state index >= 15 is 0 Å². The third-order valence-corrected chi connectivity index (χ3v) is 4.69. The number of para-hydroxylation sites is 1. The maximum atomic E-state index is 13.2. The van der Waals surface area contributed by atoms with Gasteiger partial charge in [-0.1, -0.05) is 34.1 Å². The molecule has 1 heterocycles. The molecule has 2 aromatic rings. The number of nitrogens with one attached hydrogen (secondary N) is 1. The second-order valence-corrected chi connectivity index (χ2v) is 10.2. The number of aromatic nitrogens is 1. The van der Waals surface area contributed by atoms with Crippen LogP contribution in [-0.2, 0) is 25.5 Å². The SMILES string of the molecule is CC(C)(C)OC(=O)CN(CCBr)[C@@H](Cc1c[nH]c2ccccc12)C(=O)OC(C)(C)C. The third-order valence-electron chi connectivity index (χ3n) is 4.33. The Labute approximate surface area is 187 Å². The molecule has 30 heavy (non-hydrogen) atoms. The first-order valence-corrected chi connectivity index (χ1v) is 11.3. The second kappa shape index (κ2) is 9.96. The first kappa shape index (κ1) is 24.4. The van der Waals surface area contributed by atoms with Crippen LogP contribution in [-0.4, -0.2) is 57.5 Å². The summed E-state index contributed by atoms with van der Waals surface area (Å²) in [6.07, 6.45) is 2.34. The maximum absolute atomic E-state index is 13.2. The van der Waals surface area contributed by atoms with Gasteiger partial charge in [0, 0.05) is 35.4 Å². The predicted octanol–water partition coefficient (Wildman–Crippen LogP) is 4.46. The Morgan fingerprint density at radius 2 is 1.70 bits per heavy atom. The highest BCUT2D eigenvalue weighted by atomic mass is 79.9. The van der Waals surface area contributed by atoms with Crippen molar-refractivity contribution in [3.63, 3.8) is 0 Å². The molecule has 0 spiro atoms. The van der Waals surface area contributed by atoms with Crippen LogP contribution in [0.1, 0.15) is 47.1 Å². The van der Waals surface area contributed by atoms with Gasteiger partial charge in [0.05, 0.1) is 6.54 Å². The lowest BCUT2D eigenvalue weighted by Gasteiger charge is -2.32. The number of benzene rings is 1. The predicted molar refractivity (Wildman–Crippen MR) is 123 cm³/mol. The zero-order chi connectivity index (χ0) is 22.5. The van der Waals surface area contributed by atoms with Crippen LogP contribution in [0.5, 0.6) is 0 Å². The first-order chi connectivity index (χ1) is 13.9. The molecule has 0 aliphatic heterocycles. The molecule has 0 radical (unpaired) electrons. The molecule has 1 atom stereocenters. The zero-order valence-corrected chi connectivity index (χ0v) is 20.3. The molecular formula is C23H33BrN2O4. The Kier molecular flexibility index (Phi) is 8.11. The van der Waals surface area contributed by atoms with E-state index in [1.54, 1.807) is 0 Å². The van der Waals surface area contributed by atoms with Gasteiger partial charge in [-0.2, -0.15) is 0 Å².